The van der Waals surface area contributed by atoms with Crippen LogP contribution in [0.2, 0.25) is 10.0 Å². The molecule has 1 aliphatic heterocycles. The molecule has 0 bridgehead atoms. The molecule has 162 valence electrons. The second-order valence-corrected chi connectivity index (χ2v) is 8.88. The molecule has 1 heterocycles. The number of carbonyl (C=O) groups is 2. The second kappa shape index (κ2) is 8.81. The predicted octanol–water partition coefficient (Wildman–Crippen LogP) is 6.82. The van der Waals surface area contributed by atoms with E-state index in [0.717, 1.165) is 11.1 Å². The van der Waals surface area contributed by atoms with E-state index >= 15 is 0 Å². The average molecular weight is 465 g/mol. The summed E-state index contributed by atoms with van der Waals surface area (Å²) in [6.45, 7) is 6.09. The molecule has 4 rings (SSSR count). The standard InChI is InChI=1S/C26H22Cl2N2O2/c1-15(2)17-7-12-21(13-8-17)30-25(31)23(18-5-9-19(27)10-6-18)24(26(30)32)29-20-11-4-16(3)22(28)14-20/h4-15,29H,1-3H3. The zero-order valence-corrected chi connectivity index (χ0v) is 19.5. The van der Waals surface area contributed by atoms with Crippen molar-refractivity contribution >= 4 is 52.0 Å². The largest absolute Gasteiger partial charge is 0.350 e. The SMILES string of the molecule is Cc1ccc(NC2=C(c3ccc(Cl)cc3)C(=O)N(c3ccc(C(C)C)cc3)C2=O)cc1Cl. The molecule has 0 radical (unpaired) electrons. The minimum Gasteiger partial charge on any atom is -0.350 e. The number of nitrogens with zero attached hydrogens (tertiary/aromatic N) is 1. The highest BCUT2D eigenvalue weighted by atomic mass is 35.5. The molecule has 1 aliphatic rings. The monoisotopic (exact) mass is 464 g/mol. The minimum atomic E-state index is -0.422. The van der Waals surface area contributed by atoms with Crippen LogP contribution in [-0.2, 0) is 9.59 Å². The van der Waals surface area contributed by atoms with Gasteiger partial charge in [0.15, 0.2) is 0 Å². The van der Waals surface area contributed by atoms with E-state index < -0.39 is 11.8 Å². The smallest absolute Gasteiger partial charge is 0.282 e. The van der Waals surface area contributed by atoms with Gasteiger partial charge in [0.1, 0.15) is 5.70 Å². The lowest BCUT2D eigenvalue weighted by atomic mass is 10.0. The number of hydrogen-bond acceptors (Lipinski definition) is 3. The van der Waals surface area contributed by atoms with Crippen molar-refractivity contribution in [3.05, 3.63) is 99.2 Å². The number of amides is 2. The lowest BCUT2D eigenvalue weighted by Crippen LogP contribution is -2.32. The topological polar surface area (TPSA) is 49.4 Å². The van der Waals surface area contributed by atoms with Gasteiger partial charge in [0.05, 0.1) is 11.3 Å². The van der Waals surface area contributed by atoms with E-state index in [0.29, 0.717) is 32.9 Å². The number of carbonyl (C=O) groups excluding carboxylic acids is 2. The molecule has 0 unspecified atom stereocenters. The van der Waals surface area contributed by atoms with Gasteiger partial charge in [-0.15, -0.1) is 0 Å². The molecule has 2 amide bonds. The van der Waals surface area contributed by atoms with Crippen LogP contribution in [0.4, 0.5) is 11.4 Å². The number of imide groups is 1. The van der Waals surface area contributed by atoms with Crippen molar-refractivity contribution in [1.82, 2.24) is 0 Å². The summed E-state index contributed by atoms with van der Waals surface area (Å²) in [6.07, 6.45) is 0. The van der Waals surface area contributed by atoms with Crippen molar-refractivity contribution in [3.63, 3.8) is 0 Å². The predicted molar refractivity (Wildman–Crippen MR) is 131 cm³/mol. The second-order valence-electron chi connectivity index (χ2n) is 8.04. The molecule has 0 aliphatic carbocycles. The Labute approximate surface area is 197 Å². The fourth-order valence-corrected chi connectivity index (χ4v) is 3.89. The zero-order valence-electron chi connectivity index (χ0n) is 17.9. The van der Waals surface area contributed by atoms with Crippen LogP contribution in [0.3, 0.4) is 0 Å². The van der Waals surface area contributed by atoms with Crippen LogP contribution in [0.5, 0.6) is 0 Å². The molecule has 0 saturated carbocycles. The maximum absolute atomic E-state index is 13.5. The van der Waals surface area contributed by atoms with Crippen LogP contribution >= 0.6 is 23.2 Å². The quantitative estimate of drug-likeness (QED) is 0.421. The Balaban J connectivity index is 1.79. The maximum Gasteiger partial charge on any atom is 0.282 e. The molecule has 1 N–H and O–H groups in total. The van der Waals surface area contributed by atoms with Crippen molar-refractivity contribution in [1.29, 1.82) is 0 Å². The number of halogens is 2. The first kappa shape index (κ1) is 22.1. The molecule has 3 aromatic carbocycles. The summed E-state index contributed by atoms with van der Waals surface area (Å²) in [7, 11) is 0. The van der Waals surface area contributed by atoms with Crippen LogP contribution < -0.4 is 10.2 Å². The van der Waals surface area contributed by atoms with Gasteiger partial charge < -0.3 is 5.32 Å². The molecular weight excluding hydrogens is 443 g/mol. The van der Waals surface area contributed by atoms with Gasteiger partial charge in [-0.1, -0.05) is 67.4 Å². The van der Waals surface area contributed by atoms with Gasteiger partial charge in [-0.2, -0.15) is 0 Å². The first-order valence-electron chi connectivity index (χ1n) is 10.3. The van der Waals surface area contributed by atoms with Crippen LogP contribution in [0.1, 0.15) is 36.5 Å². The first-order valence-corrected chi connectivity index (χ1v) is 11.0. The van der Waals surface area contributed by atoms with Crippen molar-refractivity contribution < 1.29 is 9.59 Å². The summed E-state index contributed by atoms with van der Waals surface area (Å²) in [6, 6.07) is 19.8. The van der Waals surface area contributed by atoms with Gasteiger partial charge in [0, 0.05) is 15.7 Å². The molecule has 4 nitrogen and oxygen atoms in total. The molecule has 0 saturated heterocycles. The molecule has 0 spiro atoms. The van der Waals surface area contributed by atoms with Crippen molar-refractivity contribution in [2.75, 3.05) is 10.2 Å². The lowest BCUT2D eigenvalue weighted by molar-refractivity contribution is -0.120. The number of anilines is 2. The Morgan fingerprint density at radius 2 is 1.50 bits per heavy atom. The van der Waals surface area contributed by atoms with E-state index in [1.54, 1.807) is 42.5 Å². The summed E-state index contributed by atoms with van der Waals surface area (Å²) < 4.78 is 0. The highest BCUT2D eigenvalue weighted by molar-refractivity contribution is 6.46. The number of rotatable bonds is 5. The Morgan fingerprint density at radius 3 is 2.09 bits per heavy atom. The number of benzene rings is 3. The van der Waals surface area contributed by atoms with Crippen LogP contribution in [-0.4, -0.2) is 11.8 Å². The van der Waals surface area contributed by atoms with Gasteiger partial charge in [-0.25, -0.2) is 4.90 Å². The van der Waals surface area contributed by atoms with Crippen molar-refractivity contribution in [3.8, 4) is 0 Å². The van der Waals surface area contributed by atoms with E-state index in [2.05, 4.69) is 19.2 Å². The molecule has 0 aromatic heterocycles. The third-order valence-electron chi connectivity index (χ3n) is 5.48. The molecule has 0 atom stereocenters. The Hall–Kier alpha value is -3.08. The first-order chi connectivity index (χ1) is 15.3. The van der Waals surface area contributed by atoms with E-state index in [1.807, 2.05) is 31.2 Å². The molecule has 3 aromatic rings. The van der Waals surface area contributed by atoms with Gasteiger partial charge in [0.25, 0.3) is 11.8 Å². The molecule has 6 heteroatoms. The molecular formula is C26H22Cl2N2O2. The fourth-order valence-electron chi connectivity index (χ4n) is 3.59. The zero-order chi connectivity index (χ0) is 23.0. The van der Waals surface area contributed by atoms with Gasteiger partial charge in [-0.3, -0.25) is 9.59 Å². The molecule has 32 heavy (non-hydrogen) atoms. The summed E-state index contributed by atoms with van der Waals surface area (Å²) in [4.78, 5) is 28.2. The van der Waals surface area contributed by atoms with Crippen LogP contribution in [0, 0.1) is 6.92 Å². The maximum atomic E-state index is 13.5. The summed E-state index contributed by atoms with van der Waals surface area (Å²) in [5.74, 6) is -0.468. The minimum absolute atomic E-state index is 0.199. The summed E-state index contributed by atoms with van der Waals surface area (Å²) in [5, 5.41) is 4.25. The number of nitrogens with one attached hydrogen (secondary N) is 1. The van der Waals surface area contributed by atoms with Crippen molar-refractivity contribution in [2.24, 2.45) is 0 Å². The van der Waals surface area contributed by atoms with Crippen LogP contribution in [0.15, 0.2) is 72.4 Å². The Bertz CT molecular complexity index is 1230. The van der Waals surface area contributed by atoms with E-state index in [1.165, 1.54) is 4.90 Å². The third kappa shape index (κ3) is 4.16. The third-order valence-corrected chi connectivity index (χ3v) is 6.14. The van der Waals surface area contributed by atoms with Gasteiger partial charge in [-0.05, 0) is 65.9 Å². The summed E-state index contributed by atoms with van der Waals surface area (Å²) >= 11 is 12.3. The van der Waals surface area contributed by atoms with Gasteiger partial charge in [0.2, 0.25) is 0 Å². The molecule has 0 fully saturated rings. The number of aryl methyl sites for hydroxylation is 1. The Kier molecular flexibility index (Phi) is 6.09. The fraction of sp³-hybridized carbons (Fsp3) is 0.154. The van der Waals surface area contributed by atoms with Crippen LogP contribution in [0.25, 0.3) is 5.57 Å². The van der Waals surface area contributed by atoms with E-state index in [4.69, 9.17) is 23.2 Å². The number of hydrogen-bond donors (Lipinski definition) is 1. The highest BCUT2D eigenvalue weighted by Crippen LogP contribution is 2.35. The Morgan fingerprint density at radius 1 is 0.844 bits per heavy atom. The van der Waals surface area contributed by atoms with E-state index in [-0.39, 0.29) is 11.3 Å². The normalized spacial score (nSPS) is 14.0. The summed E-state index contributed by atoms with van der Waals surface area (Å²) in [5.41, 5.74) is 4.29. The highest BCUT2D eigenvalue weighted by Gasteiger charge is 2.40. The van der Waals surface area contributed by atoms with E-state index in [9.17, 15) is 9.59 Å². The van der Waals surface area contributed by atoms with Crippen molar-refractivity contribution in [2.45, 2.75) is 26.7 Å². The average Bonchev–Trinajstić information content (AvgIpc) is 3.01. The lowest BCUT2D eigenvalue weighted by Gasteiger charge is -2.16. The van der Waals surface area contributed by atoms with Gasteiger partial charge >= 0.3 is 0 Å².